The summed E-state index contributed by atoms with van der Waals surface area (Å²) in [6, 6.07) is 11.8. The standard InChI is InChI=1S/C21H23F3N2O3S/c22-21(23,24)18(27)15-8-10-26(11-9-15)20(29)16(13-14-5-2-1-3-6-14)25-19(28)17-7-4-12-30-17/h1-7,12,15-16,18,27H,8-11,13H2,(H,25,28)/t16-,18-/m1/s1. The van der Waals surface area contributed by atoms with E-state index in [-0.39, 0.29) is 44.2 Å². The first-order valence-corrected chi connectivity index (χ1v) is 10.6. The monoisotopic (exact) mass is 440 g/mol. The Hall–Kier alpha value is -2.39. The molecule has 1 fully saturated rings. The minimum atomic E-state index is -4.67. The van der Waals surface area contributed by atoms with Gasteiger partial charge >= 0.3 is 6.18 Å². The summed E-state index contributed by atoms with van der Waals surface area (Å²) in [7, 11) is 0. The molecule has 0 bridgehead atoms. The van der Waals surface area contributed by atoms with Crippen LogP contribution in [0.5, 0.6) is 0 Å². The average Bonchev–Trinajstić information content (AvgIpc) is 3.27. The van der Waals surface area contributed by atoms with Crippen LogP contribution < -0.4 is 5.32 Å². The number of amides is 2. The summed E-state index contributed by atoms with van der Waals surface area (Å²) in [6.07, 6.45) is -6.65. The van der Waals surface area contributed by atoms with E-state index in [0.717, 1.165) is 5.56 Å². The summed E-state index contributed by atoms with van der Waals surface area (Å²) in [5, 5.41) is 14.0. The highest BCUT2D eigenvalue weighted by atomic mass is 32.1. The van der Waals surface area contributed by atoms with Crippen LogP contribution in [-0.2, 0) is 11.2 Å². The molecule has 2 heterocycles. The van der Waals surface area contributed by atoms with Crippen LogP contribution in [0.1, 0.15) is 28.1 Å². The van der Waals surface area contributed by atoms with Crippen molar-refractivity contribution >= 4 is 23.2 Å². The van der Waals surface area contributed by atoms with Crippen molar-refractivity contribution in [2.45, 2.75) is 37.6 Å². The molecule has 1 aromatic heterocycles. The predicted molar refractivity (Wildman–Crippen MR) is 107 cm³/mol. The number of nitrogens with one attached hydrogen (secondary N) is 1. The van der Waals surface area contributed by atoms with E-state index in [4.69, 9.17) is 0 Å². The Bertz CT molecular complexity index is 835. The van der Waals surface area contributed by atoms with Crippen LogP contribution in [0.4, 0.5) is 13.2 Å². The van der Waals surface area contributed by atoms with Gasteiger partial charge in [0.1, 0.15) is 6.04 Å². The van der Waals surface area contributed by atoms with Gasteiger partial charge in [-0.25, -0.2) is 0 Å². The number of nitrogens with zero attached hydrogens (tertiary/aromatic N) is 1. The Morgan fingerprint density at radius 1 is 1.13 bits per heavy atom. The van der Waals surface area contributed by atoms with Crippen LogP contribution in [-0.4, -0.2) is 53.2 Å². The van der Waals surface area contributed by atoms with Gasteiger partial charge in [0, 0.05) is 19.5 Å². The second-order valence-electron chi connectivity index (χ2n) is 7.34. The smallest absolute Gasteiger partial charge is 0.383 e. The van der Waals surface area contributed by atoms with E-state index in [1.807, 2.05) is 30.3 Å². The summed E-state index contributed by atoms with van der Waals surface area (Å²) < 4.78 is 38.3. The molecule has 1 saturated heterocycles. The molecule has 5 nitrogen and oxygen atoms in total. The van der Waals surface area contributed by atoms with Gasteiger partial charge in [-0.3, -0.25) is 9.59 Å². The first-order valence-electron chi connectivity index (χ1n) is 9.67. The van der Waals surface area contributed by atoms with Crippen LogP contribution in [0.2, 0.25) is 0 Å². The predicted octanol–water partition coefficient (Wildman–Crippen LogP) is 3.25. The van der Waals surface area contributed by atoms with Crippen LogP contribution in [0.25, 0.3) is 0 Å². The molecule has 0 aliphatic carbocycles. The maximum absolute atomic E-state index is 13.1. The highest BCUT2D eigenvalue weighted by molar-refractivity contribution is 7.12. The second kappa shape index (κ2) is 9.61. The zero-order valence-electron chi connectivity index (χ0n) is 16.1. The Kier molecular flexibility index (Phi) is 7.14. The van der Waals surface area contributed by atoms with Crippen molar-refractivity contribution in [3.8, 4) is 0 Å². The molecule has 0 spiro atoms. The Morgan fingerprint density at radius 2 is 1.80 bits per heavy atom. The van der Waals surface area contributed by atoms with Gasteiger partial charge in [-0.1, -0.05) is 36.4 Å². The summed E-state index contributed by atoms with van der Waals surface area (Å²) in [4.78, 5) is 27.6. The van der Waals surface area contributed by atoms with E-state index in [0.29, 0.717) is 4.88 Å². The van der Waals surface area contributed by atoms with Crippen LogP contribution >= 0.6 is 11.3 Å². The van der Waals surface area contributed by atoms with E-state index in [2.05, 4.69) is 5.32 Å². The average molecular weight is 440 g/mol. The van der Waals surface area contributed by atoms with E-state index >= 15 is 0 Å². The number of piperidine rings is 1. The molecule has 1 aromatic carbocycles. The zero-order valence-corrected chi connectivity index (χ0v) is 17.0. The van der Waals surface area contributed by atoms with Crippen LogP contribution in [0, 0.1) is 5.92 Å². The number of carbonyl (C=O) groups excluding carboxylic acids is 2. The Balaban J connectivity index is 1.68. The largest absolute Gasteiger partial charge is 0.414 e. The van der Waals surface area contributed by atoms with Crippen molar-refractivity contribution < 1.29 is 27.9 Å². The minimum absolute atomic E-state index is 0.0589. The zero-order chi connectivity index (χ0) is 21.7. The topological polar surface area (TPSA) is 69.6 Å². The fourth-order valence-electron chi connectivity index (χ4n) is 3.61. The highest BCUT2D eigenvalue weighted by Crippen LogP contribution is 2.31. The Labute approximate surface area is 176 Å². The van der Waals surface area contributed by atoms with Crippen molar-refractivity contribution in [1.82, 2.24) is 10.2 Å². The first-order chi connectivity index (χ1) is 14.3. The lowest BCUT2D eigenvalue weighted by Crippen LogP contribution is -2.53. The molecule has 2 aromatic rings. The molecular weight excluding hydrogens is 417 g/mol. The lowest BCUT2D eigenvalue weighted by molar-refractivity contribution is -0.223. The van der Waals surface area contributed by atoms with Gasteiger partial charge in [-0.15, -0.1) is 11.3 Å². The minimum Gasteiger partial charge on any atom is -0.383 e. The number of likely N-dealkylation sites (tertiary alicyclic amines) is 1. The number of thiophene rings is 1. The lowest BCUT2D eigenvalue weighted by Gasteiger charge is -2.36. The number of carbonyl (C=O) groups is 2. The molecule has 2 atom stereocenters. The number of hydrogen-bond donors (Lipinski definition) is 2. The molecule has 2 amide bonds. The summed E-state index contributed by atoms with van der Waals surface area (Å²) in [5.74, 6) is -1.62. The fraction of sp³-hybridized carbons (Fsp3) is 0.429. The SMILES string of the molecule is O=C(N[C@H](Cc1ccccc1)C(=O)N1CCC([C@@H](O)C(F)(F)F)CC1)c1cccs1. The second-order valence-corrected chi connectivity index (χ2v) is 8.29. The molecule has 0 radical (unpaired) electrons. The van der Waals surface area contributed by atoms with Gasteiger partial charge < -0.3 is 15.3 Å². The van der Waals surface area contributed by atoms with Crippen molar-refractivity contribution in [3.63, 3.8) is 0 Å². The number of benzene rings is 1. The quantitative estimate of drug-likeness (QED) is 0.725. The molecule has 9 heteroatoms. The molecule has 1 aliphatic rings. The number of aliphatic hydroxyl groups is 1. The molecule has 1 aliphatic heterocycles. The highest BCUT2D eigenvalue weighted by Gasteiger charge is 2.44. The summed E-state index contributed by atoms with van der Waals surface area (Å²) in [5.41, 5.74) is 0.865. The third-order valence-electron chi connectivity index (χ3n) is 5.26. The van der Waals surface area contributed by atoms with Crippen molar-refractivity contribution in [2.75, 3.05) is 13.1 Å². The van der Waals surface area contributed by atoms with Gasteiger partial charge in [0.25, 0.3) is 5.91 Å². The number of rotatable bonds is 6. The first kappa shape index (κ1) is 22.3. The maximum Gasteiger partial charge on any atom is 0.414 e. The van der Waals surface area contributed by atoms with E-state index in [1.165, 1.54) is 16.2 Å². The van der Waals surface area contributed by atoms with Gasteiger partial charge in [0.15, 0.2) is 6.10 Å². The summed E-state index contributed by atoms with van der Waals surface area (Å²) in [6.45, 7) is 0.216. The molecule has 0 unspecified atom stereocenters. The van der Waals surface area contributed by atoms with Crippen molar-refractivity contribution in [2.24, 2.45) is 5.92 Å². The van der Waals surface area contributed by atoms with Crippen molar-refractivity contribution in [3.05, 3.63) is 58.3 Å². The molecule has 2 N–H and O–H groups in total. The van der Waals surface area contributed by atoms with Crippen LogP contribution in [0.3, 0.4) is 0 Å². The molecular formula is C21H23F3N2O3S. The third kappa shape index (κ3) is 5.60. The molecule has 3 rings (SSSR count). The third-order valence-corrected chi connectivity index (χ3v) is 6.13. The van der Waals surface area contributed by atoms with Gasteiger partial charge in [-0.05, 0) is 35.8 Å². The van der Waals surface area contributed by atoms with Gasteiger partial charge in [-0.2, -0.15) is 13.2 Å². The van der Waals surface area contributed by atoms with E-state index in [9.17, 15) is 27.9 Å². The maximum atomic E-state index is 13.1. The van der Waals surface area contributed by atoms with Gasteiger partial charge in [0.05, 0.1) is 4.88 Å². The van der Waals surface area contributed by atoms with Crippen molar-refractivity contribution in [1.29, 1.82) is 0 Å². The number of aliphatic hydroxyl groups excluding tert-OH is 1. The molecule has 30 heavy (non-hydrogen) atoms. The summed E-state index contributed by atoms with van der Waals surface area (Å²) >= 11 is 1.26. The normalized spacial score (nSPS) is 17.4. The number of halogens is 3. The van der Waals surface area contributed by atoms with E-state index < -0.39 is 24.2 Å². The van der Waals surface area contributed by atoms with Crippen LogP contribution in [0.15, 0.2) is 47.8 Å². The van der Waals surface area contributed by atoms with E-state index in [1.54, 1.807) is 17.5 Å². The lowest BCUT2D eigenvalue weighted by atomic mass is 9.90. The Morgan fingerprint density at radius 3 is 2.37 bits per heavy atom. The van der Waals surface area contributed by atoms with Gasteiger partial charge in [0.2, 0.25) is 5.91 Å². The molecule has 0 saturated carbocycles. The number of hydrogen-bond acceptors (Lipinski definition) is 4. The number of alkyl halides is 3. The fourth-order valence-corrected chi connectivity index (χ4v) is 4.24. The molecule has 162 valence electrons.